The molecule has 3 aromatic carbocycles. The monoisotopic (exact) mass is 379 g/mol. The SMILES string of the molecule is COc1cc(-c2cc3ccccc3[nH]2)ccc1OS(=O)(=O)c1ccccc1. The molecule has 1 aromatic heterocycles. The fraction of sp³-hybridized carbons (Fsp3) is 0.0476. The molecule has 4 rings (SSSR count). The topological polar surface area (TPSA) is 68.4 Å². The van der Waals surface area contributed by atoms with Crippen LogP contribution in [0.4, 0.5) is 0 Å². The molecule has 5 nitrogen and oxygen atoms in total. The molecular formula is C21H17NO4S. The zero-order chi connectivity index (χ0) is 18.9. The Bertz CT molecular complexity index is 1160. The number of hydrogen-bond donors (Lipinski definition) is 1. The molecule has 0 bridgehead atoms. The van der Waals surface area contributed by atoms with Gasteiger partial charge in [0.05, 0.1) is 7.11 Å². The predicted octanol–water partition coefficient (Wildman–Crippen LogP) is 4.61. The van der Waals surface area contributed by atoms with Crippen molar-refractivity contribution in [1.29, 1.82) is 0 Å². The zero-order valence-corrected chi connectivity index (χ0v) is 15.4. The van der Waals surface area contributed by atoms with E-state index >= 15 is 0 Å². The Kier molecular flexibility index (Phi) is 4.33. The molecule has 6 heteroatoms. The number of H-pyrrole nitrogens is 1. The summed E-state index contributed by atoms with van der Waals surface area (Å²) in [4.78, 5) is 3.43. The highest BCUT2D eigenvalue weighted by molar-refractivity contribution is 7.87. The summed E-state index contributed by atoms with van der Waals surface area (Å²) in [5.74, 6) is 0.479. The minimum Gasteiger partial charge on any atom is -0.493 e. The highest BCUT2D eigenvalue weighted by atomic mass is 32.2. The van der Waals surface area contributed by atoms with Crippen molar-refractivity contribution >= 4 is 21.0 Å². The lowest BCUT2D eigenvalue weighted by molar-refractivity contribution is 0.391. The van der Waals surface area contributed by atoms with Crippen LogP contribution in [0.5, 0.6) is 11.5 Å². The number of fused-ring (bicyclic) bond motifs is 1. The Morgan fingerprint density at radius 3 is 2.30 bits per heavy atom. The van der Waals surface area contributed by atoms with Crippen molar-refractivity contribution in [3.05, 3.63) is 78.9 Å². The summed E-state index contributed by atoms with van der Waals surface area (Å²) in [6.07, 6.45) is 0. The van der Waals surface area contributed by atoms with Crippen LogP contribution in [0.3, 0.4) is 0 Å². The summed E-state index contributed by atoms with van der Waals surface area (Å²) in [5, 5.41) is 1.10. The Balaban J connectivity index is 1.69. The smallest absolute Gasteiger partial charge is 0.339 e. The molecule has 0 radical (unpaired) electrons. The van der Waals surface area contributed by atoms with Crippen molar-refractivity contribution in [2.45, 2.75) is 4.90 Å². The zero-order valence-electron chi connectivity index (χ0n) is 14.5. The van der Waals surface area contributed by atoms with E-state index in [4.69, 9.17) is 8.92 Å². The van der Waals surface area contributed by atoms with Gasteiger partial charge >= 0.3 is 10.1 Å². The predicted molar refractivity (Wildman–Crippen MR) is 105 cm³/mol. The van der Waals surface area contributed by atoms with E-state index in [9.17, 15) is 8.42 Å². The minimum atomic E-state index is -3.93. The van der Waals surface area contributed by atoms with E-state index < -0.39 is 10.1 Å². The van der Waals surface area contributed by atoms with Gasteiger partial charge in [-0.1, -0.05) is 36.4 Å². The largest absolute Gasteiger partial charge is 0.493 e. The third-order valence-corrected chi connectivity index (χ3v) is 5.48. The molecule has 0 aliphatic carbocycles. The fourth-order valence-corrected chi connectivity index (χ4v) is 3.85. The molecule has 0 saturated heterocycles. The van der Waals surface area contributed by atoms with Crippen LogP contribution in [0, 0.1) is 0 Å². The number of rotatable bonds is 5. The number of ether oxygens (including phenoxy) is 1. The Morgan fingerprint density at radius 1 is 0.815 bits per heavy atom. The maximum absolute atomic E-state index is 12.5. The van der Waals surface area contributed by atoms with Crippen LogP contribution in [0.1, 0.15) is 0 Å². The lowest BCUT2D eigenvalue weighted by Gasteiger charge is -2.12. The van der Waals surface area contributed by atoms with Gasteiger partial charge in [-0.3, -0.25) is 0 Å². The van der Waals surface area contributed by atoms with Gasteiger partial charge in [0.2, 0.25) is 0 Å². The number of benzene rings is 3. The lowest BCUT2D eigenvalue weighted by Crippen LogP contribution is -2.10. The first-order valence-electron chi connectivity index (χ1n) is 8.32. The van der Waals surface area contributed by atoms with Crippen LogP contribution in [-0.4, -0.2) is 20.5 Å². The average Bonchev–Trinajstić information content (AvgIpc) is 3.13. The second-order valence-corrected chi connectivity index (χ2v) is 7.53. The van der Waals surface area contributed by atoms with E-state index in [0.717, 1.165) is 22.2 Å². The second-order valence-electron chi connectivity index (χ2n) is 5.99. The molecular weight excluding hydrogens is 362 g/mol. The van der Waals surface area contributed by atoms with Gasteiger partial charge in [0.1, 0.15) is 4.90 Å². The van der Waals surface area contributed by atoms with Crippen molar-refractivity contribution < 1.29 is 17.3 Å². The molecule has 0 fully saturated rings. The van der Waals surface area contributed by atoms with E-state index in [-0.39, 0.29) is 10.6 Å². The number of nitrogens with one attached hydrogen (secondary N) is 1. The van der Waals surface area contributed by atoms with E-state index in [1.807, 2.05) is 30.3 Å². The van der Waals surface area contributed by atoms with E-state index in [2.05, 4.69) is 4.98 Å². The van der Waals surface area contributed by atoms with Gasteiger partial charge in [-0.05, 0) is 42.5 Å². The molecule has 27 heavy (non-hydrogen) atoms. The van der Waals surface area contributed by atoms with Crippen LogP contribution < -0.4 is 8.92 Å². The summed E-state index contributed by atoms with van der Waals surface area (Å²) in [6, 6.07) is 23.2. The third kappa shape index (κ3) is 3.39. The number of aromatic amines is 1. The van der Waals surface area contributed by atoms with Gasteiger partial charge in [0, 0.05) is 22.2 Å². The summed E-state index contributed by atoms with van der Waals surface area (Å²) < 4.78 is 35.6. The highest BCUT2D eigenvalue weighted by Crippen LogP contribution is 2.35. The van der Waals surface area contributed by atoms with Crippen LogP contribution >= 0.6 is 0 Å². The van der Waals surface area contributed by atoms with Crippen LogP contribution in [-0.2, 0) is 10.1 Å². The molecule has 4 aromatic rings. The molecule has 0 amide bonds. The fourth-order valence-electron chi connectivity index (χ4n) is 2.89. The van der Waals surface area contributed by atoms with Crippen molar-refractivity contribution in [1.82, 2.24) is 4.98 Å². The molecule has 0 saturated carbocycles. The van der Waals surface area contributed by atoms with Crippen molar-refractivity contribution in [3.63, 3.8) is 0 Å². The van der Waals surface area contributed by atoms with Crippen LogP contribution in [0.15, 0.2) is 83.8 Å². The minimum absolute atomic E-state index is 0.0896. The van der Waals surface area contributed by atoms with Gasteiger partial charge in [0.15, 0.2) is 11.5 Å². The number of aromatic nitrogens is 1. The summed E-state index contributed by atoms with van der Waals surface area (Å²) in [5.41, 5.74) is 2.80. The Morgan fingerprint density at radius 2 is 1.56 bits per heavy atom. The number of hydrogen-bond acceptors (Lipinski definition) is 4. The van der Waals surface area contributed by atoms with Gasteiger partial charge < -0.3 is 13.9 Å². The molecule has 0 atom stereocenters. The summed E-state index contributed by atoms with van der Waals surface area (Å²) >= 11 is 0. The van der Waals surface area contributed by atoms with Crippen molar-refractivity contribution in [2.24, 2.45) is 0 Å². The summed E-state index contributed by atoms with van der Waals surface area (Å²) in [7, 11) is -2.45. The average molecular weight is 379 g/mol. The number of methoxy groups -OCH3 is 1. The normalized spacial score (nSPS) is 11.4. The molecule has 0 aliphatic rings. The Hall–Kier alpha value is -3.25. The van der Waals surface area contributed by atoms with E-state index in [0.29, 0.717) is 5.75 Å². The third-order valence-electron chi connectivity index (χ3n) is 4.24. The first-order valence-corrected chi connectivity index (χ1v) is 9.73. The van der Waals surface area contributed by atoms with Gasteiger partial charge in [-0.25, -0.2) is 0 Å². The second kappa shape index (κ2) is 6.81. The maximum Gasteiger partial charge on any atom is 0.339 e. The molecule has 0 aliphatic heterocycles. The molecule has 1 N–H and O–H groups in total. The van der Waals surface area contributed by atoms with Gasteiger partial charge in [-0.15, -0.1) is 0 Å². The van der Waals surface area contributed by atoms with Gasteiger partial charge in [0.25, 0.3) is 0 Å². The molecule has 136 valence electrons. The quantitative estimate of drug-likeness (QED) is 0.514. The Labute approximate surface area is 157 Å². The van der Waals surface area contributed by atoms with Gasteiger partial charge in [-0.2, -0.15) is 8.42 Å². The lowest BCUT2D eigenvalue weighted by atomic mass is 10.1. The summed E-state index contributed by atoms with van der Waals surface area (Å²) in [6.45, 7) is 0. The number of para-hydroxylation sites is 1. The standard InChI is InChI=1S/C21H17NO4S/c1-25-21-14-16(19-13-15-7-5-6-10-18(15)22-19)11-12-20(21)26-27(23,24)17-8-3-2-4-9-17/h2-14,22H,1H3. The maximum atomic E-state index is 12.5. The van der Waals surface area contributed by atoms with E-state index in [1.165, 1.54) is 19.2 Å². The first kappa shape index (κ1) is 17.2. The van der Waals surface area contributed by atoms with Crippen LogP contribution in [0.2, 0.25) is 0 Å². The van der Waals surface area contributed by atoms with Crippen molar-refractivity contribution in [3.8, 4) is 22.8 Å². The molecule has 1 heterocycles. The first-order chi connectivity index (χ1) is 13.1. The van der Waals surface area contributed by atoms with Crippen LogP contribution in [0.25, 0.3) is 22.2 Å². The molecule has 0 unspecified atom stereocenters. The molecule has 0 spiro atoms. The van der Waals surface area contributed by atoms with Crippen molar-refractivity contribution in [2.75, 3.05) is 7.11 Å². The van der Waals surface area contributed by atoms with E-state index in [1.54, 1.807) is 36.4 Å². The highest BCUT2D eigenvalue weighted by Gasteiger charge is 2.19.